The Morgan fingerprint density at radius 3 is 2.52 bits per heavy atom. The maximum atomic E-state index is 9.14. The fourth-order valence-electron chi connectivity index (χ4n) is 2.08. The average Bonchev–Trinajstić information content (AvgIpc) is 2.91. The van der Waals surface area contributed by atoms with Crippen LogP contribution in [0.5, 0.6) is 0 Å². The molecule has 0 aliphatic heterocycles. The second-order valence-electron chi connectivity index (χ2n) is 5.26. The third-order valence-electron chi connectivity index (χ3n) is 3.42. The summed E-state index contributed by atoms with van der Waals surface area (Å²) < 4.78 is 1.83. The first-order valence-electron chi connectivity index (χ1n) is 6.96. The lowest BCUT2D eigenvalue weighted by molar-refractivity contribution is 0.270. The Kier molecular flexibility index (Phi) is 4.84. The Labute approximate surface area is 129 Å². The van der Waals surface area contributed by atoms with Crippen LogP contribution in [0.15, 0.2) is 0 Å². The van der Waals surface area contributed by atoms with Gasteiger partial charge in [0.15, 0.2) is 5.13 Å². The smallest absolute Gasteiger partial charge is 0.185 e. The minimum atomic E-state index is 0.0829. The van der Waals surface area contributed by atoms with Gasteiger partial charge in [0.2, 0.25) is 0 Å². The third-order valence-corrected chi connectivity index (χ3v) is 4.74. The molecule has 0 bridgehead atoms. The van der Waals surface area contributed by atoms with Gasteiger partial charge in [0.05, 0.1) is 31.1 Å². The van der Waals surface area contributed by atoms with E-state index in [9.17, 15) is 0 Å². The van der Waals surface area contributed by atoms with Gasteiger partial charge in [-0.05, 0) is 20.8 Å². The van der Waals surface area contributed by atoms with E-state index in [4.69, 9.17) is 5.11 Å². The zero-order chi connectivity index (χ0) is 15.6. The molecule has 2 rings (SSSR count). The number of aliphatic hydroxyl groups is 1. The zero-order valence-electron chi connectivity index (χ0n) is 13.3. The third kappa shape index (κ3) is 3.36. The molecule has 0 amide bonds. The van der Waals surface area contributed by atoms with Crippen LogP contribution in [-0.4, -0.2) is 40.6 Å². The second kappa shape index (κ2) is 6.44. The van der Waals surface area contributed by atoms with Gasteiger partial charge < -0.3 is 15.3 Å². The van der Waals surface area contributed by atoms with E-state index in [2.05, 4.69) is 15.4 Å². The number of hydrogen-bond acceptors (Lipinski definition) is 6. The highest BCUT2D eigenvalue weighted by atomic mass is 32.1. The Morgan fingerprint density at radius 2 is 1.95 bits per heavy atom. The van der Waals surface area contributed by atoms with Crippen LogP contribution in [0.1, 0.15) is 21.8 Å². The van der Waals surface area contributed by atoms with Gasteiger partial charge in [-0.25, -0.2) is 9.67 Å². The summed E-state index contributed by atoms with van der Waals surface area (Å²) in [6, 6.07) is 0. The Balaban J connectivity index is 2.16. The Bertz CT molecular complexity index is 617. The van der Waals surface area contributed by atoms with Gasteiger partial charge in [0, 0.05) is 24.5 Å². The predicted octanol–water partition coefficient (Wildman–Crippen LogP) is 1.94. The first kappa shape index (κ1) is 15.8. The number of nitrogens with one attached hydrogen (secondary N) is 1. The molecule has 0 saturated carbocycles. The largest absolute Gasteiger partial charge is 0.394 e. The molecule has 7 heteroatoms. The van der Waals surface area contributed by atoms with Crippen LogP contribution in [-0.2, 0) is 13.1 Å². The van der Waals surface area contributed by atoms with Crippen molar-refractivity contribution in [1.82, 2.24) is 14.8 Å². The molecule has 21 heavy (non-hydrogen) atoms. The van der Waals surface area contributed by atoms with Crippen LogP contribution < -0.4 is 10.2 Å². The minimum Gasteiger partial charge on any atom is -0.394 e. The number of thiazole rings is 1. The maximum absolute atomic E-state index is 9.14. The summed E-state index contributed by atoms with van der Waals surface area (Å²) in [4.78, 5) is 7.79. The van der Waals surface area contributed by atoms with Gasteiger partial charge in [-0.3, -0.25) is 0 Å². The minimum absolute atomic E-state index is 0.0829. The Morgan fingerprint density at radius 1 is 1.24 bits per heavy atom. The van der Waals surface area contributed by atoms with Gasteiger partial charge in [0.25, 0.3) is 0 Å². The van der Waals surface area contributed by atoms with Crippen LogP contribution >= 0.6 is 11.3 Å². The van der Waals surface area contributed by atoms with Gasteiger partial charge in [-0.15, -0.1) is 0 Å². The first-order chi connectivity index (χ1) is 9.93. The van der Waals surface area contributed by atoms with Gasteiger partial charge >= 0.3 is 0 Å². The van der Waals surface area contributed by atoms with Crippen molar-refractivity contribution in [2.45, 2.75) is 33.9 Å². The van der Waals surface area contributed by atoms with E-state index in [1.807, 2.05) is 44.4 Å². The van der Waals surface area contributed by atoms with Crippen molar-refractivity contribution < 1.29 is 5.11 Å². The monoisotopic (exact) mass is 309 g/mol. The lowest BCUT2D eigenvalue weighted by Gasteiger charge is -2.09. The van der Waals surface area contributed by atoms with Crippen LogP contribution in [0, 0.1) is 20.8 Å². The molecule has 6 nitrogen and oxygen atoms in total. The highest BCUT2D eigenvalue weighted by Crippen LogP contribution is 2.26. The van der Waals surface area contributed by atoms with Crippen LogP contribution in [0.4, 0.5) is 10.9 Å². The van der Waals surface area contributed by atoms with Crippen molar-refractivity contribution in [3.63, 3.8) is 0 Å². The highest BCUT2D eigenvalue weighted by molar-refractivity contribution is 7.15. The molecule has 0 aliphatic rings. The number of aryl methyl sites for hydroxylation is 2. The molecule has 2 heterocycles. The molecule has 2 aromatic heterocycles. The predicted molar refractivity (Wildman–Crippen MR) is 87.3 cm³/mol. The standard InChI is InChI=1S/C14H23N5OS/c1-9-10(2)17-19(6-7-20)13(9)15-8-12-11(3)16-14(21-12)18(4)5/h15,20H,6-8H2,1-5H3. The first-order valence-corrected chi connectivity index (χ1v) is 7.78. The summed E-state index contributed by atoms with van der Waals surface area (Å²) in [5, 5.41) is 18.0. The van der Waals surface area contributed by atoms with E-state index < -0.39 is 0 Å². The van der Waals surface area contributed by atoms with Gasteiger partial charge in [0.1, 0.15) is 5.82 Å². The molecule has 2 aromatic rings. The maximum Gasteiger partial charge on any atom is 0.185 e. The fourth-order valence-corrected chi connectivity index (χ4v) is 3.01. The van der Waals surface area contributed by atoms with E-state index >= 15 is 0 Å². The van der Waals surface area contributed by atoms with E-state index in [1.165, 1.54) is 4.88 Å². The summed E-state index contributed by atoms with van der Waals surface area (Å²) in [7, 11) is 4.00. The molecule has 0 saturated heterocycles. The molecule has 0 spiro atoms. The van der Waals surface area contributed by atoms with Crippen molar-refractivity contribution in [1.29, 1.82) is 0 Å². The normalized spacial score (nSPS) is 11.0. The van der Waals surface area contributed by atoms with Crippen molar-refractivity contribution in [2.75, 3.05) is 30.9 Å². The van der Waals surface area contributed by atoms with Gasteiger partial charge in [-0.1, -0.05) is 11.3 Å². The summed E-state index contributed by atoms with van der Waals surface area (Å²) >= 11 is 1.69. The molecular formula is C14H23N5OS. The Hall–Kier alpha value is -1.60. The molecular weight excluding hydrogens is 286 g/mol. The number of hydrogen-bond donors (Lipinski definition) is 2. The fraction of sp³-hybridized carbons (Fsp3) is 0.571. The number of aromatic nitrogens is 3. The average molecular weight is 309 g/mol. The highest BCUT2D eigenvalue weighted by Gasteiger charge is 2.13. The SMILES string of the molecule is Cc1nc(N(C)C)sc1CNc1c(C)c(C)nn1CCO. The molecule has 0 aliphatic carbocycles. The van der Waals surface area contributed by atoms with Crippen molar-refractivity contribution in [3.8, 4) is 0 Å². The van der Waals surface area contributed by atoms with Crippen molar-refractivity contribution in [3.05, 3.63) is 21.8 Å². The summed E-state index contributed by atoms with van der Waals surface area (Å²) in [6.45, 7) is 7.36. The lowest BCUT2D eigenvalue weighted by atomic mass is 10.2. The summed E-state index contributed by atoms with van der Waals surface area (Å²) in [6.07, 6.45) is 0. The zero-order valence-corrected chi connectivity index (χ0v) is 14.1. The molecule has 0 radical (unpaired) electrons. The molecule has 2 N–H and O–H groups in total. The quantitative estimate of drug-likeness (QED) is 0.853. The molecule has 0 atom stereocenters. The number of rotatable bonds is 6. The summed E-state index contributed by atoms with van der Waals surface area (Å²) in [5.41, 5.74) is 3.17. The van der Waals surface area contributed by atoms with Gasteiger partial charge in [-0.2, -0.15) is 5.10 Å². The molecule has 0 fully saturated rings. The van der Waals surface area contributed by atoms with Crippen LogP contribution in [0.3, 0.4) is 0 Å². The van der Waals surface area contributed by atoms with Crippen LogP contribution in [0.2, 0.25) is 0 Å². The number of aliphatic hydroxyl groups excluding tert-OH is 1. The van der Waals surface area contributed by atoms with Crippen molar-refractivity contribution >= 4 is 22.3 Å². The summed E-state index contributed by atoms with van der Waals surface area (Å²) in [5.74, 6) is 0.973. The molecule has 116 valence electrons. The molecule has 0 unspecified atom stereocenters. The van der Waals surface area contributed by atoms with E-state index in [1.54, 1.807) is 11.3 Å². The van der Waals surface area contributed by atoms with E-state index in [0.717, 1.165) is 34.4 Å². The second-order valence-corrected chi connectivity index (χ2v) is 6.32. The number of anilines is 2. The van der Waals surface area contributed by atoms with Crippen LogP contribution in [0.25, 0.3) is 0 Å². The lowest BCUT2D eigenvalue weighted by Crippen LogP contribution is -2.10. The van der Waals surface area contributed by atoms with E-state index in [0.29, 0.717) is 6.54 Å². The van der Waals surface area contributed by atoms with Crippen molar-refractivity contribution in [2.24, 2.45) is 0 Å². The molecule has 0 aromatic carbocycles. The topological polar surface area (TPSA) is 66.2 Å². The number of nitrogens with zero attached hydrogens (tertiary/aromatic N) is 4. The van der Waals surface area contributed by atoms with E-state index in [-0.39, 0.29) is 6.61 Å².